The van der Waals surface area contributed by atoms with Crippen molar-refractivity contribution in [3.8, 4) is 0 Å². The highest BCUT2D eigenvalue weighted by molar-refractivity contribution is 14.1. The molecule has 0 bridgehead atoms. The van der Waals surface area contributed by atoms with Gasteiger partial charge in [0.15, 0.2) is 0 Å². The molecule has 0 aromatic carbocycles. The molecule has 0 aromatic heterocycles. The highest BCUT2D eigenvalue weighted by Gasteiger charge is 2.29. The second-order valence-corrected chi connectivity index (χ2v) is 4.54. The third-order valence-corrected chi connectivity index (χ3v) is 5.47. The Labute approximate surface area is 90.0 Å². The highest BCUT2D eigenvalue weighted by atomic mass is 127. The molecule has 1 aliphatic rings. The van der Waals surface area contributed by atoms with Gasteiger partial charge < -0.3 is 5.32 Å². The van der Waals surface area contributed by atoms with Crippen molar-refractivity contribution in [3.05, 3.63) is 0 Å². The minimum atomic E-state index is 0.673. The van der Waals surface area contributed by atoms with Gasteiger partial charge in [0, 0.05) is 8.86 Å². The van der Waals surface area contributed by atoms with E-state index in [4.69, 9.17) is 0 Å². The Bertz CT molecular complexity index is 93.8. The van der Waals surface area contributed by atoms with Crippen molar-refractivity contribution in [3.63, 3.8) is 0 Å². The zero-order valence-electron chi connectivity index (χ0n) is 6.00. The molecule has 0 unspecified atom stereocenters. The largest absolute Gasteiger partial charge is 0.317 e. The molecule has 1 heterocycles. The number of rotatable bonds is 2. The fourth-order valence-corrected chi connectivity index (χ4v) is 4.36. The van der Waals surface area contributed by atoms with Crippen LogP contribution in [-0.2, 0) is 0 Å². The van der Waals surface area contributed by atoms with E-state index >= 15 is 0 Å². The molecule has 0 aliphatic carbocycles. The van der Waals surface area contributed by atoms with Crippen molar-refractivity contribution in [2.45, 2.75) is 12.8 Å². The lowest BCUT2D eigenvalue weighted by Gasteiger charge is -2.34. The smallest absolute Gasteiger partial charge is 0.00603 e. The number of hydrogen-bond donors (Lipinski definition) is 1. The van der Waals surface area contributed by atoms with E-state index in [0.717, 1.165) is 0 Å². The van der Waals surface area contributed by atoms with Gasteiger partial charge in [-0.3, -0.25) is 0 Å². The predicted molar refractivity (Wildman–Crippen MR) is 62.3 cm³/mol. The minimum Gasteiger partial charge on any atom is -0.317 e. The lowest BCUT2D eigenvalue weighted by atomic mass is 9.83. The van der Waals surface area contributed by atoms with Gasteiger partial charge in [-0.25, -0.2) is 0 Å². The summed E-state index contributed by atoms with van der Waals surface area (Å²) in [7, 11) is 0. The summed E-state index contributed by atoms with van der Waals surface area (Å²) in [5.74, 6) is 0. The standard InChI is InChI=1S/C7H13I2N/c8-5-7(6-9)1-3-10-4-2-7/h10H,1-6H2. The Morgan fingerprint density at radius 3 is 1.90 bits per heavy atom. The zero-order chi connectivity index (χ0) is 7.45. The highest BCUT2D eigenvalue weighted by Crippen LogP contribution is 2.32. The number of halogens is 2. The third kappa shape index (κ3) is 2.20. The van der Waals surface area contributed by atoms with Crippen LogP contribution < -0.4 is 5.32 Å². The number of hydrogen-bond acceptors (Lipinski definition) is 1. The molecule has 0 saturated carbocycles. The average molecular weight is 365 g/mol. The normalized spacial score (nSPS) is 24.6. The molecule has 1 saturated heterocycles. The maximum atomic E-state index is 3.40. The topological polar surface area (TPSA) is 12.0 Å². The van der Waals surface area contributed by atoms with Crippen LogP contribution >= 0.6 is 45.2 Å². The van der Waals surface area contributed by atoms with Crippen molar-refractivity contribution in [2.75, 3.05) is 21.9 Å². The molecule has 0 atom stereocenters. The van der Waals surface area contributed by atoms with Crippen LogP contribution in [0, 0.1) is 5.41 Å². The van der Waals surface area contributed by atoms with E-state index in [2.05, 4.69) is 50.5 Å². The molecule has 0 aromatic rings. The van der Waals surface area contributed by atoms with Crippen LogP contribution in [-0.4, -0.2) is 21.9 Å². The number of piperidine rings is 1. The summed E-state index contributed by atoms with van der Waals surface area (Å²) < 4.78 is 2.66. The molecule has 10 heavy (non-hydrogen) atoms. The molecule has 60 valence electrons. The predicted octanol–water partition coefficient (Wildman–Crippen LogP) is 2.23. The van der Waals surface area contributed by atoms with E-state index in [9.17, 15) is 0 Å². The lowest BCUT2D eigenvalue weighted by molar-refractivity contribution is 0.282. The molecule has 1 nitrogen and oxygen atoms in total. The van der Waals surface area contributed by atoms with E-state index in [-0.39, 0.29) is 0 Å². The molecule has 1 fully saturated rings. The quantitative estimate of drug-likeness (QED) is 0.585. The van der Waals surface area contributed by atoms with Gasteiger partial charge in [0.05, 0.1) is 0 Å². The van der Waals surface area contributed by atoms with Gasteiger partial charge in [-0.05, 0) is 31.3 Å². The fraction of sp³-hybridized carbons (Fsp3) is 1.00. The first-order valence-corrected chi connectivity index (χ1v) is 6.71. The Morgan fingerprint density at radius 1 is 1.10 bits per heavy atom. The van der Waals surface area contributed by atoms with Crippen LogP contribution in [0.25, 0.3) is 0 Å². The molecule has 0 radical (unpaired) electrons. The summed E-state index contributed by atoms with van der Waals surface area (Å²) in [5.41, 5.74) is 0.673. The SMILES string of the molecule is ICC1(CI)CCNCC1. The van der Waals surface area contributed by atoms with Crippen molar-refractivity contribution < 1.29 is 0 Å². The monoisotopic (exact) mass is 365 g/mol. The minimum absolute atomic E-state index is 0.673. The van der Waals surface area contributed by atoms with E-state index in [1.165, 1.54) is 34.8 Å². The van der Waals surface area contributed by atoms with E-state index in [1.54, 1.807) is 0 Å². The van der Waals surface area contributed by atoms with Crippen molar-refractivity contribution >= 4 is 45.2 Å². The summed E-state index contributed by atoms with van der Waals surface area (Å²) in [6.07, 6.45) is 2.75. The molecule has 0 spiro atoms. The van der Waals surface area contributed by atoms with Gasteiger partial charge in [-0.15, -0.1) is 0 Å². The summed E-state index contributed by atoms with van der Waals surface area (Å²) >= 11 is 5.05. The Morgan fingerprint density at radius 2 is 1.60 bits per heavy atom. The van der Waals surface area contributed by atoms with Crippen LogP contribution in [0.2, 0.25) is 0 Å². The molecule has 3 heteroatoms. The van der Waals surface area contributed by atoms with E-state index in [0.29, 0.717) is 5.41 Å². The summed E-state index contributed by atoms with van der Waals surface area (Å²) in [5, 5.41) is 3.40. The maximum absolute atomic E-state index is 3.40. The zero-order valence-corrected chi connectivity index (χ0v) is 10.3. The first kappa shape index (κ1) is 9.51. The summed E-state index contributed by atoms with van der Waals surface area (Å²) in [4.78, 5) is 0. The first-order valence-electron chi connectivity index (χ1n) is 3.66. The van der Waals surface area contributed by atoms with Crippen LogP contribution in [0.4, 0.5) is 0 Å². The van der Waals surface area contributed by atoms with Crippen molar-refractivity contribution in [1.82, 2.24) is 5.32 Å². The van der Waals surface area contributed by atoms with Gasteiger partial charge in [0.2, 0.25) is 0 Å². The van der Waals surface area contributed by atoms with Crippen LogP contribution in [0.15, 0.2) is 0 Å². The van der Waals surface area contributed by atoms with E-state index < -0.39 is 0 Å². The molecular formula is C7H13I2N. The molecule has 0 amide bonds. The van der Waals surface area contributed by atoms with Gasteiger partial charge >= 0.3 is 0 Å². The van der Waals surface area contributed by atoms with E-state index in [1.807, 2.05) is 0 Å². The Kier molecular flexibility index (Phi) is 4.23. The Balaban J connectivity index is 2.44. The number of alkyl halides is 2. The average Bonchev–Trinajstić information content (AvgIpc) is 2.06. The van der Waals surface area contributed by atoms with Crippen molar-refractivity contribution in [1.29, 1.82) is 0 Å². The Hall–Kier alpha value is 1.42. The van der Waals surface area contributed by atoms with Crippen LogP contribution in [0.1, 0.15) is 12.8 Å². The van der Waals surface area contributed by atoms with Gasteiger partial charge in [0.25, 0.3) is 0 Å². The molecule has 1 rings (SSSR count). The number of nitrogens with one attached hydrogen (secondary N) is 1. The van der Waals surface area contributed by atoms with Gasteiger partial charge in [-0.2, -0.15) is 0 Å². The fourth-order valence-electron chi connectivity index (χ4n) is 1.26. The van der Waals surface area contributed by atoms with Gasteiger partial charge in [-0.1, -0.05) is 45.2 Å². The molecule has 1 N–H and O–H groups in total. The maximum Gasteiger partial charge on any atom is 0.00603 e. The lowest BCUT2D eigenvalue weighted by Crippen LogP contribution is -2.38. The van der Waals surface area contributed by atoms with Gasteiger partial charge in [0.1, 0.15) is 0 Å². The van der Waals surface area contributed by atoms with Crippen LogP contribution in [0.3, 0.4) is 0 Å². The first-order chi connectivity index (χ1) is 4.83. The second kappa shape index (κ2) is 4.45. The third-order valence-electron chi connectivity index (χ3n) is 2.23. The second-order valence-electron chi connectivity index (χ2n) is 3.02. The van der Waals surface area contributed by atoms with Crippen molar-refractivity contribution in [2.24, 2.45) is 5.41 Å². The molecule has 1 aliphatic heterocycles. The summed E-state index contributed by atoms with van der Waals surface area (Å²) in [6, 6.07) is 0. The molecular weight excluding hydrogens is 352 g/mol. The van der Waals surface area contributed by atoms with Crippen LogP contribution in [0.5, 0.6) is 0 Å². The summed E-state index contributed by atoms with van der Waals surface area (Å²) in [6.45, 7) is 2.46.